The summed E-state index contributed by atoms with van der Waals surface area (Å²) < 4.78 is 31.1. The van der Waals surface area contributed by atoms with Crippen LogP contribution < -0.4 is 9.62 Å². The molecule has 1 amide bonds. The lowest BCUT2D eigenvalue weighted by atomic mass is 9.91. The Kier molecular flexibility index (Phi) is 6.15. The molecule has 1 atom stereocenters. The van der Waals surface area contributed by atoms with Crippen molar-refractivity contribution in [3.63, 3.8) is 0 Å². The van der Waals surface area contributed by atoms with Crippen molar-refractivity contribution in [1.29, 1.82) is 0 Å². The number of fused-ring (bicyclic) bond motifs is 1. The number of carbonyl (C=O) groups is 1. The second-order valence-electron chi connectivity index (χ2n) is 5.63. The normalized spacial score (nSPS) is 17.8. The van der Waals surface area contributed by atoms with Gasteiger partial charge >= 0.3 is 0 Å². The minimum atomic E-state index is -3.50. The van der Waals surface area contributed by atoms with Crippen molar-refractivity contribution in [2.45, 2.75) is 26.2 Å². The van der Waals surface area contributed by atoms with E-state index in [4.69, 9.17) is 4.74 Å². The molecule has 0 spiro atoms. The van der Waals surface area contributed by atoms with Gasteiger partial charge in [-0.3, -0.25) is 4.79 Å². The van der Waals surface area contributed by atoms with E-state index in [0.29, 0.717) is 19.1 Å². The lowest BCUT2D eigenvalue weighted by Crippen LogP contribution is -2.43. The minimum Gasteiger partial charge on any atom is -0.381 e. The maximum atomic E-state index is 12.4. The van der Waals surface area contributed by atoms with Gasteiger partial charge in [0.2, 0.25) is 15.9 Å². The zero-order valence-electron chi connectivity index (χ0n) is 13.6. The summed E-state index contributed by atoms with van der Waals surface area (Å²) in [7, 11) is -3.50. The highest BCUT2D eigenvalue weighted by molar-refractivity contribution is 7.89. The number of ether oxygens (including phenoxy) is 1. The van der Waals surface area contributed by atoms with Gasteiger partial charge in [-0.1, -0.05) is 25.1 Å². The summed E-state index contributed by atoms with van der Waals surface area (Å²) in [6, 6.07) is 7.78. The van der Waals surface area contributed by atoms with Crippen molar-refractivity contribution < 1.29 is 17.9 Å². The molecule has 0 saturated carbocycles. The molecule has 23 heavy (non-hydrogen) atoms. The fourth-order valence-electron chi connectivity index (χ4n) is 2.66. The van der Waals surface area contributed by atoms with E-state index in [2.05, 4.69) is 11.6 Å². The van der Waals surface area contributed by atoms with Crippen LogP contribution in [0, 0.1) is 0 Å². The average Bonchev–Trinajstić information content (AvgIpc) is 2.53. The first kappa shape index (κ1) is 17.9. The molecule has 0 aromatic heterocycles. The Bertz CT molecular complexity index is 645. The monoisotopic (exact) mass is 340 g/mol. The van der Waals surface area contributed by atoms with Gasteiger partial charge in [0.05, 0.1) is 18.9 Å². The largest absolute Gasteiger partial charge is 0.381 e. The van der Waals surface area contributed by atoms with Gasteiger partial charge in [0.15, 0.2) is 0 Å². The highest BCUT2D eigenvalue weighted by Crippen LogP contribution is 2.34. The molecular formula is C16H24N2O4S. The van der Waals surface area contributed by atoms with Crippen LogP contribution in [0.25, 0.3) is 0 Å². The van der Waals surface area contributed by atoms with Crippen LogP contribution in [0.1, 0.15) is 31.7 Å². The summed E-state index contributed by atoms with van der Waals surface area (Å²) in [5, 5.41) is 0. The van der Waals surface area contributed by atoms with Gasteiger partial charge in [0.1, 0.15) is 0 Å². The molecule has 0 bridgehead atoms. The van der Waals surface area contributed by atoms with Crippen molar-refractivity contribution in [2.24, 2.45) is 0 Å². The molecule has 128 valence electrons. The third-order valence-corrected chi connectivity index (χ3v) is 5.28. The second-order valence-corrected chi connectivity index (χ2v) is 7.56. The number of para-hydroxylation sites is 1. The Hall–Kier alpha value is -1.44. The summed E-state index contributed by atoms with van der Waals surface area (Å²) in [4.78, 5) is 14.1. The van der Waals surface area contributed by atoms with Crippen LogP contribution in [0.3, 0.4) is 0 Å². The Morgan fingerprint density at radius 1 is 1.39 bits per heavy atom. The van der Waals surface area contributed by atoms with Crippen molar-refractivity contribution in [1.82, 2.24) is 4.72 Å². The number of rotatable bonds is 7. The predicted octanol–water partition coefficient (Wildman–Crippen LogP) is 1.48. The lowest BCUT2D eigenvalue weighted by Gasteiger charge is -2.33. The van der Waals surface area contributed by atoms with E-state index in [1.807, 2.05) is 24.3 Å². The zero-order chi connectivity index (χ0) is 16.9. The van der Waals surface area contributed by atoms with Crippen molar-refractivity contribution in [2.75, 3.05) is 37.0 Å². The number of nitrogens with zero attached hydrogens (tertiary/aromatic N) is 1. The van der Waals surface area contributed by atoms with Gasteiger partial charge in [0.25, 0.3) is 0 Å². The first-order chi connectivity index (χ1) is 10.9. The molecule has 1 aromatic rings. The molecular weight excluding hydrogens is 316 g/mol. The fourth-order valence-corrected chi connectivity index (χ4v) is 3.49. The van der Waals surface area contributed by atoms with E-state index in [9.17, 15) is 13.2 Å². The number of hydrogen-bond acceptors (Lipinski definition) is 4. The van der Waals surface area contributed by atoms with Crippen LogP contribution in [0.4, 0.5) is 5.69 Å². The lowest BCUT2D eigenvalue weighted by molar-refractivity contribution is -0.117. The maximum Gasteiger partial charge on any atom is 0.242 e. The molecule has 0 radical (unpaired) electrons. The molecule has 1 aliphatic heterocycles. The minimum absolute atomic E-state index is 0.129. The van der Waals surface area contributed by atoms with Crippen LogP contribution in [-0.4, -0.2) is 46.4 Å². The van der Waals surface area contributed by atoms with Gasteiger partial charge < -0.3 is 9.64 Å². The number of hydrogen-bond donors (Lipinski definition) is 1. The Labute approximate surface area is 137 Å². The van der Waals surface area contributed by atoms with Gasteiger partial charge in [-0.2, -0.15) is 0 Å². The smallest absolute Gasteiger partial charge is 0.242 e. The van der Waals surface area contributed by atoms with Crippen LogP contribution in [-0.2, 0) is 19.6 Å². The molecule has 7 heteroatoms. The zero-order valence-corrected chi connectivity index (χ0v) is 14.4. The van der Waals surface area contributed by atoms with Gasteiger partial charge in [-0.25, -0.2) is 13.1 Å². The van der Waals surface area contributed by atoms with E-state index in [-0.39, 0.29) is 24.8 Å². The third-order valence-electron chi connectivity index (χ3n) is 3.99. The summed E-state index contributed by atoms with van der Waals surface area (Å²) in [5.41, 5.74) is 2.01. The first-order valence-corrected chi connectivity index (χ1v) is 9.54. The Balaban J connectivity index is 1.98. The Morgan fingerprint density at radius 2 is 2.13 bits per heavy atom. The molecule has 0 fully saturated rings. The SMILES string of the molecule is CCOCCS(=O)(=O)NCC(=O)N1CCC(C)c2ccccc21. The molecule has 1 N–H and O–H groups in total. The molecule has 0 aliphatic carbocycles. The van der Waals surface area contributed by atoms with Gasteiger partial charge in [-0.15, -0.1) is 0 Å². The van der Waals surface area contributed by atoms with E-state index < -0.39 is 10.0 Å². The first-order valence-electron chi connectivity index (χ1n) is 7.89. The number of benzene rings is 1. The second kappa shape index (κ2) is 7.90. The van der Waals surface area contributed by atoms with Crippen LogP contribution in [0.2, 0.25) is 0 Å². The highest BCUT2D eigenvalue weighted by Gasteiger charge is 2.26. The number of amides is 1. The number of anilines is 1. The summed E-state index contributed by atoms with van der Waals surface area (Å²) in [6.07, 6.45) is 0.875. The summed E-state index contributed by atoms with van der Waals surface area (Å²) in [6.45, 7) is 4.92. The maximum absolute atomic E-state index is 12.4. The van der Waals surface area contributed by atoms with E-state index in [1.165, 1.54) is 0 Å². The standard InChI is InChI=1S/C16H24N2O4S/c1-3-22-10-11-23(20,21)17-12-16(19)18-9-8-13(2)14-6-4-5-7-15(14)18/h4-7,13,17H,3,8-12H2,1-2H3. The molecule has 1 aromatic carbocycles. The molecule has 2 rings (SSSR count). The van der Waals surface area contributed by atoms with Crippen LogP contribution >= 0.6 is 0 Å². The summed E-state index contributed by atoms with van der Waals surface area (Å²) >= 11 is 0. The van der Waals surface area contributed by atoms with Gasteiger partial charge in [0, 0.05) is 18.8 Å². The number of carbonyl (C=O) groups excluding carboxylic acids is 1. The predicted molar refractivity (Wildman–Crippen MR) is 90.1 cm³/mol. The van der Waals surface area contributed by atoms with Crippen molar-refractivity contribution in [3.8, 4) is 0 Å². The molecule has 0 saturated heterocycles. The van der Waals surface area contributed by atoms with Crippen LogP contribution in [0.15, 0.2) is 24.3 Å². The molecule has 1 aliphatic rings. The van der Waals surface area contributed by atoms with Crippen molar-refractivity contribution in [3.05, 3.63) is 29.8 Å². The molecule has 1 heterocycles. The highest BCUT2D eigenvalue weighted by atomic mass is 32.2. The number of sulfonamides is 1. The van der Waals surface area contributed by atoms with E-state index in [1.54, 1.807) is 11.8 Å². The van der Waals surface area contributed by atoms with E-state index in [0.717, 1.165) is 17.7 Å². The van der Waals surface area contributed by atoms with E-state index >= 15 is 0 Å². The van der Waals surface area contributed by atoms with Gasteiger partial charge in [-0.05, 0) is 30.9 Å². The molecule has 1 unspecified atom stereocenters. The topological polar surface area (TPSA) is 75.7 Å². The summed E-state index contributed by atoms with van der Waals surface area (Å²) in [5.74, 6) is 0.0318. The molecule has 6 nitrogen and oxygen atoms in total. The quantitative estimate of drug-likeness (QED) is 0.763. The average molecular weight is 340 g/mol. The van der Waals surface area contributed by atoms with Crippen molar-refractivity contribution >= 4 is 21.6 Å². The third kappa shape index (κ3) is 4.76. The fraction of sp³-hybridized carbons (Fsp3) is 0.562. The van der Waals surface area contributed by atoms with Crippen LogP contribution in [0.5, 0.6) is 0 Å². The Morgan fingerprint density at radius 3 is 2.87 bits per heavy atom. The number of nitrogens with one attached hydrogen (secondary N) is 1.